The molecule has 0 radical (unpaired) electrons. The molecule has 27 heavy (non-hydrogen) atoms. The van der Waals surface area contributed by atoms with E-state index in [1.807, 2.05) is 30.3 Å². The number of aromatic nitrogens is 3. The summed E-state index contributed by atoms with van der Waals surface area (Å²) >= 11 is 0. The molecular formula is C21H26N5O+. The van der Waals surface area contributed by atoms with Crippen LogP contribution < -0.4 is 10.2 Å². The highest BCUT2D eigenvalue weighted by Gasteiger charge is 2.32. The lowest BCUT2D eigenvalue weighted by Gasteiger charge is -2.37. The van der Waals surface area contributed by atoms with Crippen LogP contribution in [0.25, 0.3) is 22.3 Å². The lowest BCUT2D eigenvalue weighted by Crippen LogP contribution is -3.21. The minimum Gasteiger partial charge on any atom is -0.370 e. The van der Waals surface area contributed by atoms with E-state index in [4.69, 9.17) is 14.7 Å². The van der Waals surface area contributed by atoms with Crippen LogP contribution in [-0.4, -0.2) is 53.3 Å². The third-order valence-electron chi connectivity index (χ3n) is 5.27. The zero-order valence-electron chi connectivity index (χ0n) is 15.9. The van der Waals surface area contributed by atoms with E-state index in [0.717, 1.165) is 55.1 Å². The Hall–Kier alpha value is -2.57. The smallest absolute Gasteiger partial charge is 0.163 e. The van der Waals surface area contributed by atoms with E-state index in [-0.39, 0.29) is 5.54 Å². The fourth-order valence-electron chi connectivity index (χ4n) is 3.56. The van der Waals surface area contributed by atoms with E-state index in [1.165, 1.54) is 0 Å². The molecule has 4 rings (SSSR count). The molecule has 0 aliphatic carbocycles. The third kappa shape index (κ3) is 3.91. The topological polar surface area (TPSA) is 64.4 Å². The Morgan fingerprint density at radius 3 is 2.67 bits per heavy atom. The van der Waals surface area contributed by atoms with Crippen molar-refractivity contribution in [3.63, 3.8) is 0 Å². The van der Waals surface area contributed by atoms with Crippen molar-refractivity contribution >= 4 is 16.7 Å². The monoisotopic (exact) mass is 364 g/mol. The van der Waals surface area contributed by atoms with Gasteiger partial charge < -0.3 is 15.0 Å². The summed E-state index contributed by atoms with van der Waals surface area (Å²) in [7, 11) is 0. The quantitative estimate of drug-likeness (QED) is 0.723. The molecule has 1 aliphatic rings. The lowest BCUT2D eigenvalue weighted by atomic mass is 10.0. The maximum Gasteiger partial charge on any atom is 0.163 e. The zero-order valence-corrected chi connectivity index (χ0v) is 15.9. The van der Waals surface area contributed by atoms with Crippen molar-refractivity contribution in [2.45, 2.75) is 19.4 Å². The van der Waals surface area contributed by atoms with E-state index in [0.29, 0.717) is 5.82 Å². The first-order chi connectivity index (χ1) is 13.1. The predicted octanol–water partition coefficient (Wildman–Crippen LogP) is 1.80. The number of fused-ring (bicyclic) bond motifs is 1. The van der Waals surface area contributed by atoms with Crippen molar-refractivity contribution in [3.8, 4) is 11.4 Å². The molecule has 2 aromatic heterocycles. The number of nitrogens with zero attached hydrogens (tertiary/aromatic N) is 3. The molecule has 3 heterocycles. The maximum absolute atomic E-state index is 5.51. The van der Waals surface area contributed by atoms with Crippen molar-refractivity contribution in [1.82, 2.24) is 15.0 Å². The number of morpholine rings is 1. The van der Waals surface area contributed by atoms with Gasteiger partial charge in [0.25, 0.3) is 0 Å². The van der Waals surface area contributed by atoms with Crippen LogP contribution in [0.5, 0.6) is 0 Å². The van der Waals surface area contributed by atoms with Gasteiger partial charge in [0, 0.05) is 23.3 Å². The SMILES string of the molecule is CC(C)(CNc1nc(-c2cccnc2)nc2ccccc12)[NH+]1CCOCC1. The van der Waals surface area contributed by atoms with Crippen molar-refractivity contribution in [2.75, 3.05) is 38.2 Å². The number of para-hydroxylation sites is 1. The molecule has 1 aliphatic heterocycles. The minimum atomic E-state index is 0.0876. The Balaban J connectivity index is 1.64. The number of nitrogens with one attached hydrogen (secondary N) is 2. The van der Waals surface area contributed by atoms with Crippen molar-refractivity contribution in [1.29, 1.82) is 0 Å². The van der Waals surface area contributed by atoms with Crippen LogP contribution in [0.1, 0.15) is 13.8 Å². The van der Waals surface area contributed by atoms with E-state index < -0.39 is 0 Å². The molecule has 2 N–H and O–H groups in total. The van der Waals surface area contributed by atoms with Crippen LogP contribution in [0.2, 0.25) is 0 Å². The number of ether oxygens (including phenoxy) is 1. The number of quaternary nitrogens is 1. The van der Waals surface area contributed by atoms with Gasteiger partial charge in [0.05, 0.1) is 25.3 Å². The largest absolute Gasteiger partial charge is 0.370 e. The van der Waals surface area contributed by atoms with E-state index in [1.54, 1.807) is 17.3 Å². The average molecular weight is 364 g/mol. The van der Waals surface area contributed by atoms with Crippen LogP contribution in [0, 0.1) is 0 Å². The highest BCUT2D eigenvalue weighted by atomic mass is 16.5. The van der Waals surface area contributed by atoms with Crippen LogP contribution in [-0.2, 0) is 4.74 Å². The molecule has 0 atom stereocenters. The van der Waals surface area contributed by atoms with E-state index >= 15 is 0 Å². The fourth-order valence-corrected chi connectivity index (χ4v) is 3.56. The van der Waals surface area contributed by atoms with Gasteiger partial charge in [-0.1, -0.05) is 12.1 Å². The molecule has 1 aromatic carbocycles. The number of benzene rings is 1. The normalized spacial score (nSPS) is 15.8. The summed E-state index contributed by atoms with van der Waals surface area (Å²) in [5, 5.41) is 4.64. The van der Waals surface area contributed by atoms with Crippen molar-refractivity contribution in [3.05, 3.63) is 48.8 Å². The summed E-state index contributed by atoms with van der Waals surface area (Å²) in [5.41, 5.74) is 1.94. The molecule has 1 saturated heterocycles. The number of pyridine rings is 1. The first-order valence-electron chi connectivity index (χ1n) is 9.47. The first-order valence-corrected chi connectivity index (χ1v) is 9.47. The fraction of sp³-hybridized carbons (Fsp3) is 0.381. The van der Waals surface area contributed by atoms with E-state index in [9.17, 15) is 0 Å². The van der Waals surface area contributed by atoms with Crippen molar-refractivity contribution in [2.24, 2.45) is 0 Å². The molecule has 140 valence electrons. The number of hydrogen-bond donors (Lipinski definition) is 2. The van der Waals surface area contributed by atoms with E-state index in [2.05, 4.69) is 30.2 Å². The summed E-state index contributed by atoms with van der Waals surface area (Å²) < 4.78 is 5.51. The lowest BCUT2D eigenvalue weighted by molar-refractivity contribution is -0.953. The second-order valence-corrected chi connectivity index (χ2v) is 7.61. The van der Waals surface area contributed by atoms with Crippen LogP contribution >= 0.6 is 0 Å². The summed E-state index contributed by atoms with van der Waals surface area (Å²) in [6, 6.07) is 12.0. The Morgan fingerprint density at radius 2 is 1.89 bits per heavy atom. The molecule has 0 unspecified atom stereocenters. The molecular weight excluding hydrogens is 338 g/mol. The van der Waals surface area contributed by atoms with Gasteiger partial charge in [-0.05, 0) is 38.1 Å². The molecule has 1 fully saturated rings. The average Bonchev–Trinajstić information content (AvgIpc) is 2.73. The van der Waals surface area contributed by atoms with Crippen LogP contribution in [0.3, 0.4) is 0 Å². The minimum absolute atomic E-state index is 0.0876. The van der Waals surface area contributed by atoms with Crippen LogP contribution in [0.4, 0.5) is 5.82 Å². The van der Waals surface area contributed by atoms with Crippen LogP contribution in [0.15, 0.2) is 48.8 Å². The molecule has 6 heteroatoms. The summed E-state index contributed by atoms with van der Waals surface area (Å²) in [6.45, 7) is 9.18. The van der Waals surface area contributed by atoms with Gasteiger partial charge in [0.2, 0.25) is 0 Å². The van der Waals surface area contributed by atoms with Gasteiger partial charge in [-0.3, -0.25) is 4.98 Å². The molecule has 3 aromatic rings. The Morgan fingerprint density at radius 1 is 1.07 bits per heavy atom. The Labute approximate surface area is 159 Å². The Kier molecular flexibility index (Phi) is 5.01. The molecule has 0 bridgehead atoms. The predicted molar refractivity (Wildman–Crippen MR) is 107 cm³/mol. The molecule has 0 saturated carbocycles. The standard InChI is InChI=1S/C21H25N5O/c1-21(2,26-10-12-27-13-11-26)15-23-20-17-7-3-4-8-18(17)24-19(25-20)16-6-5-9-22-14-16/h3-9,14H,10-13,15H2,1-2H3,(H,23,24,25)/p+1. The second-order valence-electron chi connectivity index (χ2n) is 7.61. The highest BCUT2D eigenvalue weighted by Crippen LogP contribution is 2.24. The van der Waals surface area contributed by atoms with Gasteiger partial charge in [0.15, 0.2) is 5.82 Å². The summed E-state index contributed by atoms with van der Waals surface area (Å²) in [6.07, 6.45) is 3.56. The number of anilines is 1. The number of hydrogen-bond acceptors (Lipinski definition) is 5. The number of rotatable bonds is 5. The second kappa shape index (κ2) is 7.58. The first kappa shape index (κ1) is 17.8. The summed E-state index contributed by atoms with van der Waals surface area (Å²) in [4.78, 5) is 15.3. The molecule has 0 amide bonds. The summed E-state index contributed by atoms with van der Waals surface area (Å²) in [5.74, 6) is 1.57. The van der Waals surface area contributed by atoms with Gasteiger partial charge in [-0.25, -0.2) is 9.97 Å². The maximum atomic E-state index is 5.51. The van der Waals surface area contributed by atoms with Gasteiger partial charge in [-0.15, -0.1) is 0 Å². The van der Waals surface area contributed by atoms with Crippen molar-refractivity contribution < 1.29 is 9.64 Å². The van der Waals surface area contributed by atoms with Gasteiger partial charge in [0.1, 0.15) is 24.4 Å². The Bertz CT molecular complexity index is 907. The molecule has 6 nitrogen and oxygen atoms in total. The molecule has 0 spiro atoms. The van der Waals surface area contributed by atoms with Gasteiger partial charge >= 0.3 is 0 Å². The van der Waals surface area contributed by atoms with Gasteiger partial charge in [-0.2, -0.15) is 0 Å². The third-order valence-corrected chi connectivity index (χ3v) is 5.27. The highest BCUT2D eigenvalue weighted by molar-refractivity contribution is 5.90. The zero-order chi connectivity index (χ0) is 18.7.